The molecule has 0 aromatic carbocycles. The van der Waals surface area contributed by atoms with Crippen LogP contribution in [0.5, 0.6) is 0 Å². The highest BCUT2D eigenvalue weighted by Crippen LogP contribution is 1.97. The molecule has 0 fully saturated rings. The highest BCUT2D eigenvalue weighted by molar-refractivity contribution is 5.22. The molecule has 0 saturated heterocycles. The largest absolute Gasteiger partial charge is 0.314 e. The fourth-order valence-electron chi connectivity index (χ4n) is 0.691. The summed E-state index contributed by atoms with van der Waals surface area (Å²) in [6, 6.07) is -0.253. The highest BCUT2D eigenvalue weighted by atomic mass is 14.6. The number of hydrogen-bond donors (Lipinski definition) is 1. The zero-order chi connectivity index (χ0) is 8.69. The third kappa shape index (κ3) is 5.44. The van der Waals surface area contributed by atoms with Gasteiger partial charge in [-0.15, -0.1) is 6.42 Å². The molecule has 0 bridgehead atoms. The first-order valence-electron chi connectivity index (χ1n) is 3.77. The Labute approximate surface area is 69.0 Å². The predicted molar refractivity (Wildman–Crippen MR) is 50.0 cm³/mol. The fraction of sp³-hybridized carbons (Fsp3) is 0.400. The molecule has 11 heavy (non-hydrogen) atoms. The fourth-order valence-corrected chi connectivity index (χ4v) is 0.691. The molecule has 0 rings (SSSR count). The summed E-state index contributed by atoms with van der Waals surface area (Å²) in [7, 11) is 0. The van der Waals surface area contributed by atoms with Crippen LogP contribution in [0.3, 0.4) is 0 Å². The Balaban J connectivity index is 4.02. The van der Waals surface area contributed by atoms with E-state index in [-0.39, 0.29) is 6.04 Å². The normalized spacial score (nSPS) is 14.9. The maximum atomic E-state index is 5.50. The second-order valence-electron chi connectivity index (χ2n) is 2.41. The topological polar surface area (TPSA) is 26.0 Å². The smallest absolute Gasteiger partial charge is 0.0853 e. The standard InChI is InChI=1S/C10H15N/c1-4-6-7-9(3)8-10(11)5-2/h2,6-8,10H,4,11H2,1,3H3/b7-6-,9-8-. The van der Waals surface area contributed by atoms with E-state index in [1.807, 2.05) is 19.1 Å². The van der Waals surface area contributed by atoms with E-state index in [1.165, 1.54) is 0 Å². The van der Waals surface area contributed by atoms with Crippen molar-refractivity contribution in [2.75, 3.05) is 0 Å². The number of rotatable bonds is 3. The van der Waals surface area contributed by atoms with Crippen molar-refractivity contribution in [2.24, 2.45) is 5.73 Å². The quantitative estimate of drug-likeness (QED) is 0.481. The number of terminal acetylenes is 1. The Kier molecular flexibility index (Phi) is 5.24. The van der Waals surface area contributed by atoms with Gasteiger partial charge in [0.15, 0.2) is 0 Å². The summed E-state index contributed by atoms with van der Waals surface area (Å²) in [5, 5.41) is 0. The average molecular weight is 149 g/mol. The van der Waals surface area contributed by atoms with Crippen molar-refractivity contribution in [1.82, 2.24) is 0 Å². The van der Waals surface area contributed by atoms with E-state index >= 15 is 0 Å². The van der Waals surface area contributed by atoms with Crippen molar-refractivity contribution < 1.29 is 0 Å². The summed E-state index contributed by atoms with van der Waals surface area (Å²) in [4.78, 5) is 0. The van der Waals surface area contributed by atoms with Crippen LogP contribution in [0.2, 0.25) is 0 Å². The van der Waals surface area contributed by atoms with Gasteiger partial charge in [-0.2, -0.15) is 0 Å². The van der Waals surface area contributed by atoms with Crippen LogP contribution in [-0.2, 0) is 0 Å². The van der Waals surface area contributed by atoms with Crippen LogP contribution >= 0.6 is 0 Å². The monoisotopic (exact) mass is 149 g/mol. The van der Waals surface area contributed by atoms with Crippen LogP contribution in [0, 0.1) is 12.3 Å². The van der Waals surface area contributed by atoms with E-state index in [4.69, 9.17) is 12.2 Å². The minimum absolute atomic E-state index is 0.253. The Morgan fingerprint density at radius 3 is 2.82 bits per heavy atom. The number of allylic oxidation sites excluding steroid dienone is 3. The van der Waals surface area contributed by atoms with Crippen LogP contribution in [0.25, 0.3) is 0 Å². The molecule has 0 amide bonds. The van der Waals surface area contributed by atoms with E-state index in [0.717, 1.165) is 12.0 Å². The first kappa shape index (κ1) is 10.0. The van der Waals surface area contributed by atoms with Gasteiger partial charge < -0.3 is 5.73 Å². The number of nitrogens with two attached hydrogens (primary N) is 1. The molecule has 1 nitrogen and oxygen atoms in total. The van der Waals surface area contributed by atoms with Crippen molar-refractivity contribution in [3.05, 3.63) is 23.8 Å². The molecule has 0 saturated carbocycles. The van der Waals surface area contributed by atoms with Gasteiger partial charge in [0.05, 0.1) is 6.04 Å². The van der Waals surface area contributed by atoms with Gasteiger partial charge >= 0.3 is 0 Å². The van der Waals surface area contributed by atoms with Gasteiger partial charge in [-0.1, -0.05) is 36.6 Å². The third-order valence-electron chi connectivity index (χ3n) is 1.25. The summed E-state index contributed by atoms with van der Waals surface area (Å²) in [5.41, 5.74) is 6.62. The Hall–Kier alpha value is -1.00. The molecule has 1 unspecified atom stereocenters. The summed E-state index contributed by atoms with van der Waals surface area (Å²) in [5.74, 6) is 2.44. The molecule has 1 atom stereocenters. The molecule has 0 aliphatic heterocycles. The van der Waals surface area contributed by atoms with E-state index in [9.17, 15) is 0 Å². The van der Waals surface area contributed by atoms with Crippen LogP contribution < -0.4 is 5.73 Å². The van der Waals surface area contributed by atoms with Crippen molar-refractivity contribution >= 4 is 0 Å². The van der Waals surface area contributed by atoms with Crippen molar-refractivity contribution in [1.29, 1.82) is 0 Å². The Morgan fingerprint density at radius 1 is 1.73 bits per heavy atom. The van der Waals surface area contributed by atoms with Gasteiger partial charge in [-0.3, -0.25) is 0 Å². The SMILES string of the molecule is C#CC(N)/C=C(C)\C=C/CC. The summed E-state index contributed by atoms with van der Waals surface area (Å²) < 4.78 is 0. The summed E-state index contributed by atoms with van der Waals surface area (Å²) in [6.45, 7) is 4.08. The lowest BCUT2D eigenvalue weighted by molar-refractivity contribution is 1.05. The molecule has 60 valence electrons. The maximum absolute atomic E-state index is 5.50. The molecule has 0 radical (unpaired) electrons. The van der Waals surface area contributed by atoms with Gasteiger partial charge in [0, 0.05) is 0 Å². The molecule has 0 spiro atoms. The molecular formula is C10H15N. The van der Waals surface area contributed by atoms with Crippen molar-refractivity contribution in [2.45, 2.75) is 26.3 Å². The van der Waals surface area contributed by atoms with E-state index in [2.05, 4.69) is 18.9 Å². The van der Waals surface area contributed by atoms with Crippen LogP contribution in [-0.4, -0.2) is 6.04 Å². The van der Waals surface area contributed by atoms with Gasteiger partial charge in [0.2, 0.25) is 0 Å². The van der Waals surface area contributed by atoms with Gasteiger partial charge in [0.25, 0.3) is 0 Å². The molecule has 0 aliphatic carbocycles. The summed E-state index contributed by atoms with van der Waals surface area (Å²) in [6.07, 6.45) is 12.1. The molecule has 0 aliphatic rings. The molecular weight excluding hydrogens is 134 g/mol. The van der Waals surface area contributed by atoms with Crippen LogP contribution in [0.15, 0.2) is 23.8 Å². The Bertz CT molecular complexity index is 193. The lowest BCUT2D eigenvalue weighted by atomic mass is 10.2. The van der Waals surface area contributed by atoms with Crippen molar-refractivity contribution in [3.63, 3.8) is 0 Å². The van der Waals surface area contributed by atoms with Gasteiger partial charge in [-0.05, 0) is 13.3 Å². The zero-order valence-electron chi connectivity index (χ0n) is 7.17. The lowest BCUT2D eigenvalue weighted by Crippen LogP contribution is -2.13. The molecule has 0 aromatic heterocycles. The van der Waals surface area contributed by atoms with Crippen LogP contribution in [0.4, 0.5) is 0 Å². The summed E-state index contributed by atoms with van der Waals surface area (Å²) >= 11 is 0. The van der Waals surface area contributed by atoms with Crippen LogP contribution in [0.1, 0.15) is 20.3 Å². The minimum Gasteiger partial charge on any atom is -0.314 e. The molecule has 2 N–H and O–H groups in total. The Morgan fingerprint density at radius 2 is 2.36 bits per heavy atom. The third-order valence-corrected chi connectivity index (χ3v) is 1.25. The highest BCUT2D eigenvalue weighted by Gasteiger charge is 1.88. The second kappa shape index (κ2) is 5.76. The first-order valence-corrected chi connectivity index (χ1v) is 3.77. The van der Waals surface area contributed by atoms with Gasteiger partial charge in [-0.25, -0.2) is 0 Å². The van der Waals surface area contributed by atoms with E-state index in [1.54, 1.807) is 0 Å². The maximum Gasteiger partial charge on any atom is 0.0853 e. The van der Waals surface area contributed by atoms with E-state index in [0.29, 0.717) is 0 Å². The lowest BCUT2D eigenvalue weighted by Gasteiger charge is -1.96. The zero-order valence-corrected chi connectivity index (χ0v) is 7.17. The second-order valence-corrected chi connectivity index (χ2v) is 2.41. The molecule has 0 aromatic rings. The minimum atomic E-state index is -0.253. The first-order chi connectivity index (χ1) is 5.20. The molecule has 1 heteroatoms. The van der Waals surface area contributed by atoms with Crippen molar-refractivity contribution in [3.8, 4) is 12.3 Å². The predicted octanol–water partition coefficient (Wildman–Crippen LogP) is 1.86. The van der Waals surface area contributed by atoms with Gasteiger partial charge in [0.1, 0.15) is 0 Å². The molecule has 0 heterocycles. The van der Waals surface area contributed by atoms with E-state index < -0.39 is 0 Å². The average Bonchev–Trinajstić information content (AvgIpc) is 2.00. The number of hydrogen-bond acceptors (Lipinski definition) is 1.